The molecule has 0 bridgehead atoms. The van der Waals surface area contributed by atoms with Gasteiger partial charge in [0.2, 0.25) is 5.82 Å². The standard InChI is InChI=1S/C20H16ClN3O3/c1-2-10-24-15-9-4-3-8-14(15)17(25)16(20(24)26)19-22-18(23-27-19)12-6-5-7-13(21)11-12/h3-9,11,25H,2,10H2,1H3. The number of benzene rings is 2. The topological polar surface area (TPSA) is 81.2 Å². The van der Waals surface area contributed by atoms with Crippen molar-refractivity contribution in [2.75, 3.05) is 0 Å². The van der Waals surface area contributed by atoms with Crippen LogP contribution in [-0.4, -0.2) is 19.8 Å². The van der Waals surface area contributed by atoms with Crippen molar-refractivity contribution in [3.05, 3.63) is 63.9 Å². The van der Waals surface area contributed by atoms with E-state index in [4.69, 9.17) is 16.1 Å². The van der Waals surface area contributed by atoms with Crippen molar-refractivity contribution in [1.29, 1.82) is 0 Å². The number of halogens is 1. The lowest BCUT2D eigenvalue weighted by atomic mass is 10.1. The second kappa shape index (κ2) is 6.89. The molecule has 6 nitrogen and oxygen atoms in total. The van der Waals surface area contributed by atoms with E-state index >= 15 is 0 Å². The third-order valence-electron chi connectivity index (χ3n) is 4.32. The number of aryl methyl sites for hydroxylation is 1. The quantitative estimate of drug-likeness (QED) is 0.563. The third-order valence-corrected chi connectivity index (χ3v) is 4.55. The number of aromatic hydroxyl groups is 1. The van der Waals surface area contributed by atoms with Crippen LogP contribution in [0.15, 0.2) is 57.8 Å². The maximum Gasteiger partial charge on any atom is 0.267 e. The van der Waals surface area contributed by atoms with Gasteiger partial charge in [-0.15, -0.1) is 0 Å². The monoisotopic (exact) mass is 381 g/mol. The molecule has 0 aliphatic heterocycles. The molecule has 7 heteroatoms. The van der Waals surface area contributed by atoms with Crippen molar-refractivity contribution in [2.24, 2.45) is 0 Å². The van der Waals surface area contributed by atoms with Gasteiger partial charge in [0.05, 0.1) is 5.52 Å². The zero-order chi connectivity index (χ0) is 19.0. The number of rotatable bonds is 4. The zero-order valence-electron chi connectivity index (χ0n) is 14.5. The summed E-state index contributed by atoms with van der Waals surface area (Å²) in [5.74, 6) is 0.105. The molecule has 0 saturated heterocycles. The van der Waals surface area contributed by atoms with Crippen LogP contribution in [0.5, 0.6) is 5.75 Å². The van der Waals surface area contributed by atoms with Gasteiger partial charge in [-0.05, 0) is 30.7 Å². The van der Waals surface area contributed by atoms with E-state index in [1.54, 1.807) is 47.0 Å². The molecule has 0 aliphatic carbocycles. The second-order valence-electron chi connectivity index (χ2n) is 6.13. The van der Waals surface area contributed by atoms with Crippen LogP contribution in [0, 0.1) is 0 Å². The average molecular weight is 382 g/mol. The van der Waals surface area contributed by atoms with Crippen molar-refractivity contribution >= 4 is 22.5 Å². The Morgan fingerprint density at radius 1 is 1.19 bits per heavy atom. The molecule has 27 heavy (non-hydrogen) atoms. The van der Waals surface area contributed by atoms with Crippen molar-refractivity contribution < 1.29 is 9.63 Å². The van der Waals surface area contributed by atoms with E-state index in [2.05, 4.69) is 10.1 Å². The van der Waals surface area contributed by atoms with E-state index in [0.717, 1.165) is 6.42 Å². The largest absolute Gasteiger partial charge is 0.506 e. The predicted molar refractivity (Wildman–Crippen MR) is 104 cm³/mol. The van der Waals surface area contributed by atoms with Gasteiger partial charge in [0, 0.05) is 22.5 Å². The normalized spacial score (nSPS) is 11.2. The number of hydrogen-bond donors (Lipinski definition) is 1. The Morgan fingerprint density at radius 3 is 2.78 bits per heavy atom. The predicted octanol–water partition coefficient (Wildman–Crippen LogP) is 4.49. The highest BCUT2D eigenvalue weighted by atomic mass is 35.5. The van der Waals surface area contributed by atoms with Crippen LogP contribution in [0.3, 0.4) is 0 Å². The Bertz CT molecular complexity index is 1200. The molecular weight excluding hydrogens is 366 g/mol. The molecule has 0 radical (unpaired) electrons. The summed E-state index contributed by atoms with van der Waals surface area (Å²) in [7, 11) is 0. The second-order valence-corrected chi connectivity index (χ2v) is 6.57. The first-order valence-corrected chi connectivity index (χ1v) is 8.92. The summed E-state index contributed by atoms with van der Waals surface area (Å²) in [6.45, 7) is 2.50. The van der Waals surface area contributed by atoms with Gasteiger partial charge in [0.25, 0.3) is 11.4 Å². The number of nitrogens with zero attached hydrogens (tertiary/aromatic N) is 3. The van der Waals surface area contributed by atoms with Crippen LogP contribution in [0.2, 0.25) is 5.02 Å². The van der Waals surface area contributed by atoms with Crippen molar-refractivity contribution in [1.82, 2.24) is 14.7 Å². The minimum atomic E-state index is -0.366. The molecule has 0 aliphatic rings. The molecule has 2 aromatic carbocycles. The first-order chi connectivity index (χ1) is 13.1. The highest BCUT2D eigenvalue weighted by Gasteiger charge is 2.22. The van der Waals surface area contributed by atoms with Gasteiger partial charge in [-0.3, -0.25) is 4.79 Å². The van der Waals surface area contributed by atoms with E-state index in [9.17, 15) is 9.90 Å². The summed E-state index contributed by atoms with van der Waals surface area (Å²) in [4.78, 5) is 17.4. The Labute approximate surface area is 159 Å². The van der Waals surface area contributed by atoms with Crippen LogP contribution in [0.25, 0.3) is 33.7 Å². The number of fused-ring (bicyclic) bond motifs is 1. The minimum Gasteiger partial charge on any atom is -0.506 e. The smallest absolute Gasteiger partial charge is 0.267 e. The van der Waals surface area contributed by atoms with Gasteiger partial charge in [-0.2, -0.15) is 4.98 Å². The van der Waals surface area contributed by atoms with Crippen LogP contribution in [0.4, 0.5) is 0 Å². The summed E-state index contributed by atoms with van der Waals surface area (Å²) in [5, 5.41) is 15.8. The molecule has 2 aromatic heterocycles. The summed E-state index contributed by atoms with van der Waals surface area (Å²) >= 11 is 6.01. The molecule has 0 amide bonds. The summed E-state index contributed by atoms with van der Waals surface area (Å²) in [6, 6.07) is 14.2. The van der Waals surface area contributed by atoms with Gasteiger partial charge in [0.15, 0.2) is 0 Å². The molecule has 136 valence electrons. The number of hydrogen-bond acceptors (Lipinski definition) is 5. The van der Waals surface area contributed by atoms with Gasteiger partial charge >= 0.3 is 0 Å². The first-order valence-electron chi connectivity index (χ1n) is 8.54. The molecule has 0 saturated carbocycles. The Balaban J connectivity index is 1.93. The molecule has 2 heterocycles. The minimum absolute atomic E-state index is 0.00271. The highest BCUT2D eigenvalue weighted by Crippen LogP contribution is 2.33. The lowest BCUT2D eigenvalue weighted by molar-refractivity contribution is 0.425. The maximum atomic E-state index is 13.0. The molecule has 4 rings (SSSR count). The van der Waals surface area contributed by atoms with Gasteiger partial charge in [0.1, 0.15) is 11.3 Å². The van der Waals surface area contributed by atoms with Crippen molar-refractivity contribution in [3.63, 3.8) is 0 Å². The van der Waals surface area contributed by atoms with E-state index in [1.807, 2.05) is 13.0 Å². The number of aromatic nitrogens is 3. The molecule has 0 unspecified atom stereocenters. The fourth-order valence-corrected chi connectivity index (χ4v) is 3.29. The summed E-state index contributed by atoms with van der Waals surface area (Å²) in [6.07, 6.45) is 0.770. The molecule has 4 aromatic rings. The molecular formula is C20H16ClN3O3. The third kappa shape index (κ3) is 2.98. The SMILES string of the molecule is CCCn1c(=O)c(-c2nc(-c3cccc(Cl)c3)no2)c(O)c2ccccc21. The average Bonchev–Trinajstić information content (AvgIpc) is 3.15. The Hall–Kier alpha value is -3.12. The van der Waals surface area contributed by atoms with Crippen LogP contribution in [0.1, 0.15) is 13.3 Å². The highest BCUT2D eigenvalue weighted by molar-refractivity contribution is 6.30. The number of para-hydroxylation sites is 1. The van der Waals surface area contributed by atoms with Crippen molar-refractivity contribution in [2.45, 2.75) is 19.9 Å². The summed E-state index contributed by atoms with van der Waals surface area (Å²) < 4.78 is 6.93. The lowest BCUT2D eigenvalue weighted by Gasteiger charge is -2.12. The molecule has 1 N–H and O–H groups in total. The van der Waals surface area contributed by atoms with E-state index in [1.165, 1.54) is 0 Å². The van der Waals surface area contributed by atoms with Gasteiger partial charge in [-0.25, -0.2) is 0 Å². The summed E-state index contributed by atoms with van der Waals surface area (Å²) in [5.41, 5.74) is 0.962. The zero-order valence-corrected chi connectivity index (χ0v) is 15.3. The Morgan fingerprint density at radius 2 is 2.00 bits per heavy atom. The van der Waals surface area contributed by atoms with E-state index in [-0.39, 0.29) is 22.8 Å². The van der Waals surface area contributed by atoms with Crippen LogP contribution >= 0.6 is 11.6 Å². The van der Waals surface area contributed by atoms with Gasteiger partial charge < -0.3 is 14.2 Å². The fourth-order valence-electron chi connectivity index (χ4n) is 3.10. The molecule has 0 atom stereocenters. The lowest BCUT2D eigenvalue weighted by Crippen LogP contribution is -2.22. The van der Waals surface area contributed by atoms with Gasteiger partial charge in [-0.1, -0.05) is 47.9 Å². The van der Waals surface area contributed by atoms with Crippen molar-refractivity contribution in [3.8, 4) is 28.6 Å². The number of pyridine rings is 1. The molecule has 0 spiro atoms. The molecule has 0 fully saturated rings. The Kier molecular flexibility index (Phi) is 4.41. The van der Waals surface area contributed by atoms with Crippen LogP contribution in [-0.2, 0) is 6.54 Å². The first kappa shape index (κ1) is 17.3. The fraction of sp³-hybridized carbons (Fsp3) is 0.150. The van der Waals surface area contributed by atoms with E-state index < -0.39 is 0 Å². The van der Waals surface area contributed by atoms with E-state index in [0.29, 0.717) is 33.9 Å². The van der Waals surface area contributed by atoms with Crippen LogP contribution < -0.4 is 5.56 Å². The maximum absolute atomic E-state index is 13.0.